The van der Waals surface area contributed by atoms with Gasteiger partial charge in [-0.05, 0) is 46.2 Å². The number of nitrogens with zero attached hydrogens (tertiary/aromatic N) is 10. The highest BCUT2D eigenvalue weighted by Crippen LogP contribution is 2.32. The molecule has 11 nitrogen and oxygen atoms in total. The molecule has 0 unspecified atom stereocenters. The standard InChI is InChI=1S/C22H27N11/c1-13(2)31-9-7-17(27-31)16-12-32-19(15(16)5)20(25-18-11-24-33(28-18)14(3)4)26-21(29-32)22-23-8-10-30(22)6/h7-14H,1-6H3,(H,25,26,28,29). The van der Waals surface area contributed by atoms with Crippen molar-refractivity contribution in [3.63, 3.8) is 0 Å². The molecule has 0 spiro atoms. The Bertz CT molecular complexity index is 1430. The second kappa shape index (κ2) is 7.84. The molecule has 5 rings (SSSR count). The molecule has 0 saturated carbocycles. The van der Waals surface area contributed by atoms with Crippen molar-refractivity contribution < 1.29 is 0 Å². The van der Waals surface area contributed by atoms with Crippen molar-refractivity contribution in [2.75, 3.05) is 5.32 Å². The average Bonchev–Trinajstić information content (AvgIpc) is 3.54. The highest BCUT2D eigenvalue weighted by molar-refractivity contribution is 5.83. The molecule has 0 amide bonds. The van der Waals surface area contributed by atoms with E-state index in [1.807, 2.05) is 59.3 Å². The second-order valence-electron chi connectivity index (χ2n) is 8.65. The maximum atomic E-state index is 4.83. The van der Waals surface area contributed by atoms with Gasteiger partial charge in [0.2, 0.25) is 5.82 Å². The van der Waals surface area contributed by atoms with E-state index in [9.17, 15) is 0 Å². The summed E-state index contributed by atoms with van der Waals surface area (Å²) in [7, 11) is 1.92. The van der Waals surface area contributed by atoms with Gasteiger partial charge >= 0.3 is 0 Å². The van der Waals surface area contributed by atoms with Crippen molar-refractivity contribution in [1.82, 2.24) is 48.9 Å². The summed E-state index contributed by atoms with van der Waals surface area (Å²) in [5, 5.41) is 21.7. The highest BCUT2D eigenvalue weighted by Gasteiger charge is 2.20. The first-order valence-electron chi connectivity index (χ1n) is 10.9. The van der Waals surface area contributed by atoms with Gasteiger partial charge in [0.25, 0.3) is 0 Å². The number of rotatable bonds is 6. The van der Waals surface area contributed by atoms with Gasteiger partial charge in [0, 0.05) is 43.4 Å². The quantitative estimate of drug-likeness (QED) is 0.423. The number of aryl methyl sites for hydroxylation is 2. The Kier molecular flexibility index (Phi) is 4.95. The number of nitrogens with one attached hydrogen (secondary N) is 1. The van der Waals surface area contributed by atoms with E-state index in [-0.39, 0.29) is 12.1 Å². The summed E-state index contributed by atoms with van der Waals surface area (Å²) >= 11 is 0. The van der Waals surface area contributed by atoms with Crippen molar-refractivity contribution >= 4 is 17.2 Å². The fraction of sp³-hybridized carbons (Fsp3) is 0.364. The number of hydrogen-bond donors (Lipinski definition) is 1. The van der Waals surface area contributed by atoms with Crippen molar-refractivity contribution in [3.8, 4) is 22.9 Å². The van der Waals surface area contributed by atoms with Gasteiger partial charge in [-0.2, -0.15) is 15.0 Å². The van der Waals surface area contributed by atoms with Crippen molar-refractivity contribution in [3.05, 3.63) is 42.6 Å². The number of hydrogen-bond acceptors (Lipinski definition) is 7. The molecule has 0 atom stereocenters. The Hall–Kier alpha value is -4.02. The largest absolute Gasteiger partial charge is 0.331 e. The molecule has 0 aliphatic rings. The zero-order valence-corrected chi connectivity index (χ0v) is 19.6. The lowest BCUT2D eigenvalue weighted by atomic mass is 10.1. The molecule has 5 heterocycles. The van der Waals surface area contributed by atoms with Gasteiger partial charge in [-0.3, -0.25) is 4.68 Å². The van der Waals surface area contributed by atoms with Gasteiger partial charge in [0.15, 0.2) is 17.5 Å². The average molecular weight is 446 g/mol. The van der Waals surface area contributed by atoms with E-state index in [1.165, 1.54) is 0 Å². The third-order valence-corrected chi connectivity index (χ3v) is 5.54. The lowest BCUT2D eigenvalue weighted by molar-refractivity contribution is 0.467. The highest BCUT2D eigenvalue weighted by atomic mass is 15.5. The Morgan fingerprint density at radius 1 is 1.00 bits per heavy atom. The minimum atomic E-state index is 0.159. The summed E-state index contributed by atoms with van der Waals surface area (Å²) in [4.78, 5) is 10.9. The van der Waals surface area contributed by atoms with E-state index in [4.69, 9.17) is 15.2 Å². The molecule has 1 N–H and O–H groups in total. The first kappa shape index (κ1) is 20.9. The van der Waals surface area contributed by atoms with Crippen LogP contribution in [0.4, 0.5) is 11.6 Å². The Morgan fingerprint density at radius 3 is 2.45 bits per heavy atom. The van der Waals surface area contributed by atoms with Crippen molar-refractivity contribution in [2.24, 2.45) is 7.05 Å². The van der Waals surface area contributed by atoms with Gasteiger partial charge in [-0.1, -0.05) is 0 Å². The summed E-state index contributed by atoms with van der Waals surface area (Å²) in [6.07, 6.45) is 9.28. The minimum Gasteiger partial charge on any atom is -0.331 e. The molecule has 0 bridgehead atoms. The van der Waals surface area contributed by atoms with Gasteiger partial charge in [0.05, 0.1) is 17.9 Å². The van der Waals surface area contributed by atoms with E-state index >= 15 is 0 Å². The minimum absolute atomic E-state index is 0.159. The first-order chi connectivity index (χ1) is 15.8. The van der Waals surface area contributed by atoms with Crippen LogP contribution in [0, 0.1) is 6.92 Å². The number of imidazole rings is 1. The van der Waals surface area contributed by atoms with Crippen LogP contribution in [-0.2, 0) is 7.05 Å². The number of aromatic nitrogens is 10. The van der Waals surface area contributed by atoms with Crippen molar-refractivity contribution in [2.45, 2.75) is 46.7 Å². The third-order valence-electron chi connectivity index (χ3n) is 5.54. The molecular formula is C22H27N11. The molecule has 0 radical (unpaired) electrons. The Balaban J connectivity index is 1.68. The Morgan fingerprint density at radius 2 is 1.82 bits per heavy atom. The van der Waals surface area contributed by atoms with Crippen LogP contribution in [0.5, 0.6) is 0 Å². The van der Waals surface area contributed by atoms with Gasteiger partial charge in [-0.15, -0.1) is 10.2 Å². The van der Waals surface area contributed by atoms with Crippen LogP contribution in [0.25, 0.3) is 28.4 Å². The summed E-state index contributed by atoms with van der Waals surface area (Å²) < 4.78 is 5.68. The van der Waals surface area contributed by atoms with E-state index < -0.39 is 0 Å². The first-order valence-corrected chi connectivity index (χ1v) is 10.9. The molecule has 0 aliphatic heterocycles. The van der Waals surface area contributed by atoms with Gasteiger partial charge in [0.1, 0.15) is 5.52 Å². The zero-order valence-electron chi connectivity index (χ0n) is 19.6. The maximum Gasteiger partial charge on any atom is 0.218 e. The van der Waals surface area contributed by atoms with E-state index in [1.54, 1.807) is 17.2 Å². The molecule has 0 aromatic carbocycles. The molecule has 5 aromatic rings. The normalized spacial score (nSPS) is 11.9. The molecule has 5 aromatic heterocycles. The summed E-state index contributed by atoms with van der Waals surface area (Å²) in [5.74, 6) is 2.41. The van der Waals surface area contributed by atoms with Crippen LogP contribution in [0.3, 0.4) is 0 Å². The Labute approximate surface area is 191 Å². The van der Waals surface area contributed by atoms with Gasteiger partial charge in [-0.25, -0.2) is 14.5 Å². The van der Waals surface area contributed by atoms with Crippen molar-refractivity contribution in [1.29, 1.82) is 0 Å². The van der Waals surface area contributed by atoms with Crippen LogP contribution in [0.15, 0.2) is 37.1 Å². The third kappa shape index (κ3) is 3.65. The van der Waals surface area contributed by atoms with Crippen LogP contribution < -0.4 is 5.32 Å². The van der Waals surface area contributed by atoms with E-state index in [2.05, 4.69) is 41.3 Å². The zero-order chi connectivity index (χ0) is 23.3. The number of fused-ring (bicyclic) bond motifs is 1. The monoisotopic (exact) mass is 445 g/mol. The molecular weight excluding hydrogens is 418 g/mol. The molecule has 0 saturated heterocycles. The second-order valence-corrected chi connectivity index (χ2v) is 8.65. The summed E-state index contributed by atoms with van der Waals surface area (Å²) in [5.41, 5.74) is 3.76. The smallest absolute Gasteiger partial charge is 0.218 e. The predicted octanol–water partition coefficient (Wildman–Crippen LogP) is 3.80. The SMILES string of the molecule is Cc1c(-c2ccn(C(C)C)n2)cn2nc(-c3nccn3C)nc(Nc3cnn(C(C)C)n3)c12. The topological polar surface area (TPSA) is 109 Å². The molecule has 0 aliphatic carbocycles. The fourth-order valence-corrected chi connectivity index (χ4v) is 3.73. The molecule has 33 heavy (non-hydrogen) atoms. The van der Waals surface area contributed by atoms with E-state index in [0.717, 1.165) is 22.3 Å². The van der Waals surface area contributed by atoms with Crippen LogP contribution in [-0.4, -0.2) is 48.9 Å². The summed E-state index contributed by atoms with van der Waals surface area (Å²) in [6.45, 7) is 10.3. The van der Waals surface area contributed by atoms with Gasteiger partial charge < -0.3 is 9.88 Å². The summed E-state index contributed by atoms with van der Waals surface area (Å²) in [6, 6.07) is 2.47. The van der Waals surface area contributed by atoms with Crippen LogP contribution >= 0.6 is 0 Å². The maximum absolute atomic E-state index is 4.83. The molecule has 11 heteroatoms. The van der Waals surface area contributed by atoms with E-state index in [0.29, 0.717) is 23.3 Å². The molecule has 170 valence electrons. The predicted molar refractivity (Wildman–Crippen MR) is 125 cm³/mol. The molecule has 0 fully saturated rings. The van der Waals surface area contributed by atoms with Crippen LogP contribution in [0.2, 0.25) is 0 Å². The lowest BCUT2D eigenvalue weighted by Gasteiger charge is -2.09. The fourth-order valence-electron chi connectivity index (χ4n) is 3.73. The van der Waals surface area contributed by atoms with Crippen LogP contribution in [0.1, 0.15) is 45.3 Å². The lowest BCUT2D eigenvalue weighted by Crippen LogP contribution is -2.07. The number of anilines is 2.